The van der Waals surface area contributed by atoms with Gasteiger partial charge in [0.05, 0.1) is 11.7 Å². The molecule has 0 aliphatic carbocycles. The van der Waals surface area contributed by atoms with E-state index in [0.29, 0.717) is 19.5 Å². The molecule has 0 bridgehead atoms. The molecule has 0 amide bonds. The summed E-state index contributed by atoms with van der Waals surface area (Å²) in [7, 11) is -3.15. The van der Waals surface area contributed by atoms with Gasteiger partial charge in [0.15, 0.2) is 0 Å². The Hall–Kier alpha value is -0.620. The number of aliphatic carboxylic acids is 1. The lowest BCUT2D eigenvalue weighted by atomic mass is 9.80. The van der Waals surface area contributed by atoms with Crippen molar-refractivity contribution < 1.29 is 18.3 Å². The Morgan fingerprint density at radius 1 is 1.47 bits per heavy atom. The smallest absolute Gasteiger partial charge is 0.309 e. The van der Waals surface area contributed by atoms with Crippen LogP contribution in [0.1, 0.15) is 33.1 Å². The van der Waals surface area contributed by atoms with E-state index in [4.69, 9.17) is 5.11 Å². The maximum absolute atomic E-state index is 11.4. The number of carbonyl (C=O) groups is 1. The van der Waals surface area contributed by atoms with E-state index in [1.54, 1.807) is 13.8 Å². The van der Waals surface area contributed by atoms with Crippen molar-refractivity contribution in [3.63, 3.8) is 0 Å². The third-order valence-electron chi connectivity index (χ3n) is 3.33. The van der Waals surface area contributed by atoms with Gasteiger partial charge in [-0.1, -0.05) is 0 Å². The molecule has 1 aliphatic rings. The molecule has 1 saturated heterocycles. The van der Waals surface area contributed by atoms with Crippen molar-refractivity contribution in [2.75, 3.05) is 19.3 Å². The average molecular weight is 263 g/mol. The zero-order chi connectivity index (χ0) is 13.3. The van der Waals surface area contributed by atoms with Gasteiger partial charge in [-0.2, -0.15) is 0 Å². The number of carboxylic acids is 1. The molecule has 1 rings (SSSR count). The van der Waals surface area contributed by atoms with Crippen LogP contribution >= 0.6 is 0 Å². The summed E-state index contributed by atoms with van der Waals surface area (Å²) in [5, 5.41) is 9.07. The van der Waals surface area contributed by atoms with E-state index in [1.165, 1.54) is 10.6 Å². The van der Waals surface area contributed by atoms with Crippen LogP contribution in [0.3, 0.4) is 0 Å². The van der Waals surface area contributed by atoms with Crippen molar-refractivity contribution in [3.05, 3.63) is 0 Å². The van der Waals surface area contributed by atoms with Crippen LogP contribution in [0.2, 0.25) is 0 Å². The molecule has 100 valence electrons. The molecule has 1 N–H and O–H groups in total. The average Bonchev–Trinajstić information content (AvgIpc) is 2.15. The zero-order valence-electron chi connectivity index (χ0n) is 10.6. The molecule has 1 fully saturated rings. The molecular formula is C11H21NO4S. The first-order valence-electron chi connectivity index (χ1n) is 5.81. The molecule has 17 heavy (non-hydrogen) atoms. The third kappa shape index (κ3) is 3.96. The maximum Gasteiger partial charge on any atom is 0.309 e. The highest BCUT2D eigenvalue weighted by atomic mass is 32.2. The number of hydrogen-bond acceptors (Lipinski definition) is 3. The van der Waals surface area contributed by atoms with E-state index >= 15 is 0 Å². The quantitative estimate of drug-likeness (QED) is 0.826. The van der Waals surface area contributed by atoms with Gasteiger partial charge in [0.1, 0.15) is 0 Å². The van der Waals surface area contributed by atoms with Gasteiger partial charge in [0.25, 0.3) is 0 Å². The van der Waals surface area contributed by atoms with E-state index in [2.05, 4.69) is 0 Å². The Labute approximate surface area is 103 Å². The number of carboxylic acid groups (broad SMARTS) is 1. The van der Waals surface area contributed by atoms with Crippen molar-refractivity contribution in [2.45, 2.75) is 33.1 Å². The lowest BCUT2D eigenvalue weighted by Crippen LogP contribution is -2.41. The van der Waals surface area contributed by atoms with Gasteiger partial charge in [-0.25, -0.2) is 12.7 Å². The summed E-state index contributed by atoms with van der Waals surface area (Å²) in [6.45, 7) is 4.39. The van der Waals surface area contributed by atoms with Crippen LogP contribution in [0.15, 0.2) is 0 Å². The lowest BCUT2D eigenvalue weighted by molar-refractivity contribution is -0.148. The highest BCUT2D eigenvalue weighted by Gasteiger charge is 2.34. The summed E-state index contributed by atoms with van der Waals surface area (Å²) < 4.78 is 24.3. The van der Waals surface area contributed by atoms with Gasteiger partial charge >= 0.3 is 5.97 Å². The van der Waals surface area contributed by atoms with Gasteiger partial charge in [0.2, 0.25) is 10.0 Å². The fraction of sp³-hybridized carbons (Fsp3) is 0.909. The van der Waals surface area contributed by atoms with Crippen LogP contribution in [0.4, 0.5) is 0 Å². The second-order valence-corrected chi connectivity index (χ2v) is 7.50. The molecular weight excluding hydrogens is 242 g/mol. The second-order valence-electron chi connectivity index (χ2n) is 5.52. The van der Waals surface area contributed by atoms with Crippen molar-refractivity contribution in [3.8, 4) is 0 Å². The normalized spacial score (nSPS) is 23.6. The predicted molar refractivity (Wildman–Crippen MR) is 65.2 cm³/mol. The molecule has 0 radical (unpaired) electrons. The lowest BCUT2D eigenvalue weighted by Gasteiger charge is -2.34. The van der Waals surface area contributed by atoms with Crippen LogP contribution in [0.5, 0.6) is 0 Å². The monoisotopic (exact) mass is 263 g/mol. The summed E-state index contributed by atoms with van der Waals surface area (Å²) in [6.07, 6.45) is 3.45. The van der Waals surface area contributed by atoms with Gasteiger partial charge in [0, 0.05) is 13.1 Å². The Balaban J connectivity index is 2.66. The van der Waals surface area contributed by atoms with Gasteiger partial charge in [-0.3, -0.25) is 4.79 Å². The Morgan fingerprint density at radius 2 is 2.06 bits per heavy atom. The largest absolute Gasteiger partial charge is 0.481 e. The number of nitrogens with zero attached hydrogens (tertiary/aromatic N) is 1. The van der Waals surface area contributed by atoms with Crippen molar-refractivity contribution in [2.24, 2.45) is 11.3 Å². The first kappa shape index (κ1) is 14.4. The molecule has 0 aromatic carbocycles. The standard InChI is InChI=1S/C11H21NO4S/c1-11(2,10(13)14)7-9-5-4-6-12(8-9)17(3,15)16/h9H,4-8H2,1-3H3,(H,13,14). The number of piperidine rings is 1. The summed E-state index contributed by atoms with van der Waals surface area (Å²) in [6, 6.07) is 0. The summed E-state index contributed by atoms with van der Waals surface area (Å²) >= 11 is 0. The van der Waals surface area contributed by atoms with Crippen molar-refractivity contribution in [1.29, 1.82) is 0 Å². The molecule has 1 unspecified atom stereocenters. The number of rotatable bonds is 4. The van der Waals surface area contributed by atoms with E-state index in [9.17, 15) is 13.2 Å². The summed E-state index contributed by atoms with van der Waals surface area (Å²) in [5.74, 6) is -0.682. The minimum Gasteiger partial charge on any atom is -0.481 e. The molecule has 0 aromatic heterocycles. The Morgan fingerprint density at radius 3 is 2.53 bits per heavy atom. The fourth-order valence-electron chi connectivity index (χ4n) is 2.30. The minimum absolute atomic E-state index is 0.143. The molecule has 0 saturated carbocycles. The van der Waals surface area contributed by atoms with Crippen LogP contribution in [-0.2, 0) is 14.8 Å². The minimum atomic E-state index is -3.15. The second kappa shape index (κ2) is 4.94. The molecule has 1 heterocycles. The van der Waals surface area contributed by atoms with Crippen LogP contribution in [-0.4, -0.2) is 43.1 Å². The van der Waals surface area contributed by atoms with Crippen LogP contribution < -0.4 is 0 Å². The van der Waals surface area contributed by atoms with Gasteiger partial charge in [-0.05, 0) is 39.0 Å². The summed E-state index contributed by atoms with van der Waals surface area (Å²) in [4.78, 5) is 11.0. The highest BCUT2D eigenvalue weighted by molar-refractivity contribution is 7.88. The topological polar surface area (TPSA) is 74.7 Å². The number of sulfonamides is 1. The van der Waals surface area contributed by atoms with E-state index in [1.807, 2.05) is 0 Å². The Kier molecular flexibility index (Phi) is 4.19. The van der Waals surface area contributed by atoms with Gasteiger partial charge < -0.3 is 5.11 Å². The third-order valence-corrected chi connectivity index (χ3v) is 4.60. The fourth-order valence-corrected chi connectivity index (χ4v) is 3.25. The molecule has 1 atom stereocenters. The van der Waals surface area contributed by atoms with E-state index in [0.717, 1.165) is 12.8 Å². The molecule has 0 aromatic rings. The first-order chi connectivity index (χ1) is 7.63. The van der Waals surface area contributed by atoms with Crippen LogP contribution in [0, 0.1) is 11.3 Å². The predicted octanol–water partition coefficient (Wildman–Crippen LogP) is 1.16. The summed E-state index contributed by atoms with van der Waals surface area (Å²) in [5.41, 5.74) is -0.787. The zero-order valence-corrected chi connectivity index (χ0v) is 11.5. The molecule has 1 aliphatic heterocycles. The number of hydrogen-bond donors (Lipinski definition) is 1. The Bertz CT molecular complexity index is 388. The highest BCUT2D eigenvalue weighted by Crippen LogP contribution is 2.31. The van der Waals surface area contributed by atoms with Crippen molar-refractivity contribution >= 4 is 16.0 Å². The molecule has 5 nitrogen and oxygen atoms in total. The van der Waals surface area contributed by atoms with Crippen molar-refractivity contribution in [1.82, 2.24) is 4.31 Å². The van der Waals surface area contributed by atoms with Gasteiger partial charge in [-0.15, -0.1) is 0 Å². The molecule has 0 spiro atoms. The first-order valence-corrected chi connectivity index (χ1v) is 7.66. The van der Waals surface area contributed by atoms with E-state index in [-0.39, 0.29) is 5.92 Å². The SMILES string of the molecule is CC(C)(CC1CCCN(S(C)(=O)=O)C1)C(=O)O. The van der Waals surface area contributed by atoms with Crippen LogP contribution in [0.25, 0.3) is 0 Å². The van der Waals surface area contributed by atoms with E-state index < -0.39 is 21.4 Å². The molecule has 6 heteroatoms. The maximum atomic E-state index is 11.4.